The molecular weight excluding hydrogens is 338 g/mol. The van der Waals surface area contributed by atoms with Crippen molar-refractivity contribution in [1.29, 1.82) is 0 Å². The molecule has 1 aliphatic rings. The molecule has 1 aromatic heterocycles. The molecule has 2 heterocycles. The normalized spacial score (nSPS) is 19.8. The van der Waals surface area contributed by atoms with E-state index in [1.165, 1.54) is 0 Å². The van der Waals surface area contributed by atoms with Gasteiger partial charge in [-0.05, 0) is 47.4 Å². The van der Waals surface area contributed by atoms with E-state index in [-0.39, 0.29) is 5.92 Å². The van der Waals surface area contributed by atoms with Crippen molar-refractivity contribution in [3.63, 3.8) is 0 Å². The van der Waals surface area contributed by atoms with Crippen molar-refractivity contribution in [3.8, 4) is 0 Å². The van der Waals surface area contributed by atoms with Crippen LogP contribution in [-0.4, -0.2) is 53.4 Å². The molecule has 0 amide bonds. The summed E-state index contributed by atoms with van der Waals surface area (Å²) in [6.07, 6.45) is 4.94. The molecule has 0 saturated carbocycles. The molecule has 1 atom stereocenters. The summed E-state index contributed by atoms with van der Waals surface area (Å²) in [5, 5.41) is 12.9. The van der Waals surface area contributed by atoms with Crippen LogP contribution >= 0.6 is 15.9 Å². The molecule has 1 saturated heterocycles. The van der Waals surface area contributed by atoms with Crippen LogP contribution in [0.1, 0.15) is 18.5 Å². The van der Waals surface area contributed by atoms with Crippen LogP contribution in [0.25, 0.3) is 0 Å². The highest BCUT2D eigenvalue weighted by molar-refractivity contribution is 9.10. The molecule has 1 N–H and O–H groups in total. The third-order valence-corrected chi connectivity index (χ3v) is 3.83. The first-order valence-electron chi connectivity index (χ1n) is 6.87. The molecule has 21 heavy (non-hydrogen) atoms. The largest absolute Gasteiger partial charge is 0.481 e. The number of aromatic nitrogens is 1. The Labute approximate surface area is 131 Å². The van der Waals surface area contributed by atoms with Crippen molar-refractivity contribution in [2.75, 3.05) is 26.2 Å². The van der Waals surface area contributed by atoms with Gasteiger partial charge >= 0.3 is 5.97 Å². The highest BCUT2D eigenvalue weighted by atomic mass is 79.9. The number of hydrogen-bond donors (Lipinski definition) is 1. The van der Waals surface area contributed by atoms with Crippen LogP contribution in [0.5, 0.6) is 0 Å². The second-order valence-corrected chi connectivity index (χ2v) is 5.86. The van der Waals surface area contributed by atoms with E-state index in [4.69, 9.17) is 9.94 Å². The lowest BCUT2D eigenvalue weighted by Gasteiger charge is -2.29. The van der Waals surface area contributed by atoms with Crippen molar-refractivity contribution in [3.05, 3.63) is 28.5 Å². The summed E-state index contributed by atoms with van der Waals surface area (Å²) in [5.74, 6) is -0.964. The Kier molecular flexibility index (Phi) is 6.13. The average molecular weight is 356 g/mol. The van der Waals surface area contributed by atoms with Gasteiger partial charge in [-0.1, -0.05) is 5.16 Å². The first-order valence-corrected chi connectivity index (χ1v) is 7.66. The lowest BCUT2D eigenvalue weighted by Crippen LogP contribution is -2.40. The average Bonchev–Trinajstić information content (AvgIpc) is 2.49. The molecule has 1 aliphatic heterocycles. The fraction of sp³-hybridized carbons (Fsp3) is 0.500. The Morgan fingerprint density at radius 3 is 3.19 bits per heavy atom. The molecular formula is C14H18BrN3O3. The van der Waals surface area contributed by atoms with E-state index in [0.29, 0.717) is 19.7 Å². The highest BCUT2D eigenvalue weighted by Gasteiger charge is 2.24. The summed E-state index contributed by atoms with van der Waals surface area (Å²) in [4.78, 5) is 22.4. The van der Waals surface area contributed by atoms with E-state index in [2.05, 4.69) is 31.0 Å². The monoisotopic (exact) mass is 355 g/mol. The molecule has 0 aromatic carbocycles. The summed E-state index contributed by atoms with van der Waals surface area (Å²) in [6, 6.07) is 3.72. The van der Waals surface area contributed by atoms with Gasteiger partial charge in [0.25, 0.3) is 0 Å². The number of aliphatic carboxylic acids is 1. The maximum atomic E-state index is 11.0. The molecule has 7 heteroatoms. The van der Waals surface area contributed by atoms with Gasteiger partial charge in [0.15, 0.2) is 0 Å². The minimum absolute atomic E-state index is 0.255. The predicted molar refractivity (Wildman–Crippen MR) is 82.3 cm³/mol. The second kappa shape index (κ2) is 8.09. The third kappa shape index (κ3) is 5.43. The SMILES string of the molecule is O=C(O)C1CCCN(CCO/N=C/c2ccc(Br)cn2)C1. The van der Waals surface area contributed by atoms with Gasteiger partial charge in [-0.15, -0.1) is 0 Å². The molecule has 1 unspecified atom stereocenters. The summed E-state index contributed by atoms with van der Waals surface area (Å²) in [7, 11) is 0. The number of likely N-dealkylation sites (tertiary alicyclic amines) is 1. The van der Waals surface area contributed by atoms with Crippen LogP contribution in [-0.2, 0) is 9.63 Å². The lowest BCUT2D eigenvalue weighted by atomic mass is 9.98. The van der Waals surface area contributed by atoms with Crippen molar-refractivity contribution < 1.29 is 14.7 Å². The van der Waals surface area contributed by atoms with Crippen LogP contribution in [0, 0.1) is 5.92 Å². The summed E-state index contributed by atoms with van der Waals surface area (Å²) in [5.41, 5.74) is 0.724. The number of hydrogen-bond acceptors (Lipinski definition) is 5. The Balaban J connectivity index is 1.67. The van der Waals surface area contributed by atoms with Crippen molar-refractivity contribution in [2.24, 2.45) is 11.1 Å². The molecule has 1 aromatic rings. The van der Waals surface area contributed by atoms with E-state index in [1.54, 1.807) is 12.4 Å². The topological polar surface area (TPSA) is 75.0 Å². The van der Waals surface area contributed by atoms with Crippen molar-refractivity contribution in [1.82, 2.24) is 9.88 Å². The Morgan fingerprint density at radius 1 is 1.62 bits per heavy atom. The van der Waals surface area contributed by atoms with Gasteiger partial charge in [0, 0.05) is 23.8 Å². The van der Waals surface area contributed by atoms with Gasteiger partial charge in [0.05, 0.1) is 17.8 Å². The minimum Gasteiger partial charge on any atom is -0.481 e. The van der Waals surface area contributed by atoms with Crippen LogP contribution in [0.2, 0.25) is 0 Å². The number of carboxylic acid groups (broad SMARTS) is 1. The summed E-state index contributed by atoms with van der Waals surface area (Å²) in [6.45, 7) is 2.65. The highest BCUT2D eigenvalue weighted by Crippen LogP contribution is 2.16. The fourth-order valence-corrected chi connectivity index (χ4v) is 2.47. The fourth-order valence-electron chi connectivity index (χ4n) is 2.24. The van der Waals surface area contributed by atoms with E-state index in [9.17, 15) is 4.79 Å². The molecule has 0 aliphatic carbocycles. The zero-order chi connectivity index (χ0) is 15.1. The number of carboxylic acids is 1. The Morgan fingerprint density at radius 2 is 2.48 bits per heavy atom. The van der Waals surface area contributed by atoms with Gasteiger partial charge in [-0.3, -0.25) is 14.7 Å². The van der Waals surface area contributed by atoms with Gasteiger partial charge in [0.1, 0.15) is 6.61 Å². The standard InChI is InChI=1S/C14H18BrN3O3/c15-12-3-4-13(16-8-12)9-17-21-7-6-18-5-1-2-11(10-18)14(19)20/h3-4,8-9,11H,1-2,5-7,10H2,(H,19,20)/b17-9+. The van der Waals surface area contributed by atoms with E-state index < -0.39 is 5.97 Å². The maximum absolute atomic E-state index is 11.0. The molecule has 2 rings (SSSR count). The van der Waals surface area contributed by atoms with E-state index in [0.717, 1.165) is 29.6 Å². The minimum atomic E-state index is -0.708. The van der Waals surface area contributed by atoms with E-state index >= 15 is 0 Å². The first kappa shape index (κ1) is 15.9. The van der Waals surface area contributed by atoms with Crippen molar-refractivity contribution >= 4 is 28.1 Å². The predicted octanol–water partition coefficient (Wildman–Crippen LogP) is 1.99. The first-order chi connectivity index (χ1) is 10.1. The molecule has 1 fully saturated rings. The third-order valence-electron chi connectivity index (χ3n) is 3.36. The van der Waals surface area contributed by atoms with Gasteiger partial charge in [-0.25, -0.2) is 0 Å². The zero-order valence-electron chi connectivity index (χ0n) is 11.6. The lowest BCUT2D eigenvalue weighted by molar-refractivity contribution is -0.143. The molecule has 0 radical (unpaired) electrons. The number of carbonyl (C=O) groups is 1. The maximum Gasteiger partial charge on any atom is 0.307 e. The van der Waals surface area contributed by atoms with Gasteiger partial charge in [-0.2, -0.15) is 0 Å². The van der Waals surface area contributed by atoms with Gasteiger partial charge < -0.3 is 9.94 Å². The number of halogens is 1. The van der Waals surface area contributed by atoms with Crippen LogP contribution < -0.4 is 0 Å². The second-order valence-electron chi connectivity index (χ2n) is 4.95. The summed E-state index contributed by atoms with van der Waals surface area (Å²) < 4.78 is 0.915. The number of nitrogens with zero attached hydrogens (tertiary/aromatic N) is 3. The summed E-state index contributed by atoms with van der Waals surface area (Å²) >= 11 is 3.31. The zero-order valence-corrected chi connectivity index (χ0v) is 13.2. The van der Waals surface area contributed by atoms with Crippen LogP contribution in [0.15, 0.2) is 28.0 Å². The molecule has 0 bridgehead atoms. The van der Waals surface area contributed by atoms with E-state index in [1.807, 2.05) is 12.1 Å². The quantitative estimate of drug-likeness (QED) is 0.479. The molecule has 0 spiro atoms. The molecule has 114 valence electrons. The molecule has 6 nitrogen and oxygen atoms in total. The number of pyridine rings is 1. The number of oxime groups is 1. The number of rotatable bonds is 6. The number of piperidine rings is 1. The van der Waals surface area contributed by atoms with Crippen LogP contribution in [0.3, 0.4) is 0 Å². The smallest absolute Gasteiger partial charge is 0.307 e. The Bertz CT molecular complexity index is 493. The Hall–Kier alpha value is -1.47. The van der Waals surface area contributed by atoms with Crippen LogP contribution in [0.4, 0.5) is 0 Å². The van der Waals surface area contributed by atoms with Crippen molar-refractivity contribution in [2.45, 2.75) is 12.8 Å². The van der Waals surface area contributed by atoms with Gasteiger partial charge in [0.2, 0.25) is 0 Å².